The van der Waals surface area contributed by atoms with E-state index in [-0.39, 0.29) is 17.7 Å². The number of hydrogen-bond acceptors (Lipinski definition) is 2. The van der Waals surface area contributed by atoms with E-state index in [1.807, 2.05) is 24.3 Å². The highest BCUT2D eigenvalue weighted by atomic mass is 16.2. The van der Waals surface area contributed by atoms with E-state index >= 15 is 0 Å². The van der Waals surface area contributed by atoms with Crippen molar-refractivity contribution in [1.29, 1.82) is 0 Å². The van der Waals surface area contributed by atoms with Crippen LogP contribution in [0.5, 0.6) is 0 Å². The minimum atomic E-state index is -0.213. The second-order valence-corrected chi connectivity index (χ2v) is 6.22. The molecule has 21 heavy (non-hydrogen) atoms. The fourth-order valence-corrected chi connectivity index (χ4v) is 3.01. The van der Waals surface area contributed by atoms with Gasteiger partial charge in [0.2, 0.25) is 11.8 Å². The molecule has 1 saturated carbocycles. The van der Waals surface area contributed by atoms with Crippen LogP contribution >= 0.6 is 0 Å². The Morgan fingerprint density at radius 3 is 2.76 bits per heavy atom. The van der Waals surface area contributed by atoms with E-state index in [9.17, 15) is 9.59 Å². The molecular weight excluding hydrogens is 264 g/mol. The van der Waals surface area contributed by atoms with Crippen LogP contribution in [0, 0.1) is 11.8 Å². The highest BCUT2D eigenvalue weighted by Crippen LogP contribution is 2.31. The topological polar surface area (TPSA) is 49.4 Å². The van der Waals surface area contributed by atoms with Crippen LogP contribution in [-0.4, -0.2) is 24.4 Å². The normalized spacial score (nSPS) is 27.8. The molecule has 1 heterocycles. The number of amides is 2. The van der Waals surface area contributed by atoms with E-state index < -0.39 is 0 Å². The molecule has 1 saturated heterocycles. The Kier molecular flexibility index (Phi) is 3.70. The molecule has 1 aliphatic heterocycles. The maximum absolute atomic E-state index is 12.3. The van der Waals surface area contributed by atoms with Gasteiger partial charge in [0.25, 0.3) is 0 Å². The molecule has 1 N–H and O–H groups in total. The average Bonchev–Trinajstić information content (AvgIpc) is 3.03. The Morgan fingerprint density at radius 2 is 2.10 bits per heavy atom. The van der Waals surface area contributed by atoms with Gasteiger partial charge in [-0.15, -0.1) is 0 Å². The number of hydrogen-bond donors (Lipinski definition) is 1. The molecule has 3 unspecified atom stereocenters. The van der Waals surface area contributed by atoms with Crippen molar-refractivity contribution in [3.63, 3.8) is 0 Å². The summed E-state index contributed by atoms with van der Waals surface area (Å²) in [6.45, 7) is 4.72. The number of carbonyl (C=O) groups is 2. The summed E-state index contributed by atoms with van der Waals surface area (Å²) >= 11 is 0. The molecule has 0 aromatic heterocycles. The number of aryl methyl sites for hydroxylation is 1. The Hall–Kier alpha value is -1.84. The summed E-state index contributed by atoms with van der Waals surface area (Å²) in [5.41, 5.74) is 2.11. The second-order valence-electron chi connectivity index (χ2n) is 6.22. The fourth-order valence-electron chi connectivity index (χ4n) is 3.01. The Balaban J connectivity index is 1.71. The van der Waals surface area contributed by atoms with E-state index in [4.69, 9.17) is 0 Å². The number of anilines is 1. The third-order valence-corrected chi connectivity index (χ3v) is 4.60. The van der Waals surface area contributed by atoms with Crippen LogP contribution in [0.25, 0.3) is 0 Å². The van der Waals surface area contributed by atoms with E-state index in [1.54, 1.807) is 4.90 Å². The Labute approximate surface area is 125 Å². The molecule has 4 heteroatoms. The lowest BCUT2D eigenvalue weighted by Gasteiger charge is -2.20. The molecule has 4 nitrogen and oxygen atoms in total. The van der Waals surface area contributed by atoms with Crippen LogP contribution < -0.4 is 10.2 Å². The predicted octanol–water partition coefficient (Wildman–Crippen LogP) is 2.13. The molecule has 0 radical (unpaired) electrons. The minimum absolute atomic E-state index is 0.0363. The molecule has 2 aliphatic rings. The van der Waals surface area contributed by atoms with Crippen LogP contribution in [0.1, 0.15) is 32.3 Å². The smallest absolute Gasteiger partial charge is 0.227 e. The van der Waals surface area contributed by atoms with E-state index in [0.29, 0.717) is 24.9 Å². The zero-order valence-corrected chi connectivity index (χ0v) is 12.6. The minimum Gasteiger partial charge on any atom is -0.353 e. The van der Waals surface area contributed by atoms with E-state index in [0.717, 1.165) is 24.1 Å². The number of benzene rings is 1. The second kappa shape index (κ2) is 5.51. The summed E-state index contributed by atoms with van der Waals surface area (Å²) in [6, 6.07) is 8.27. The summed E-state index contributed by atoms with van der Waals surface area (Å²) in [6.07, 6.45) is 2.27. The number of nitrogens with zero attached hydrogens (tertiary/aromatic N) is 1. The van der Waals surface area contributed by atoms with E-state index in [2.05, 4.69) is 19.2 Å². The Morgan fingerprint density at radius 1 is 1.38 bits per heavy atom. The van der Waals surface area contributed by atoms with Gasteiger partial charge < -0.3 is 10.2 Å². The molecule has 3 atom stereocenters. The van der Waals surface area contributed by atoms with Gasteiger partial charge in [0, 0.05) is 24.7 Å². The van der Waals surface area contributed by atoms with E-state index in [1.165, 1.54) is 0 Å². The summed E-state index contributed by atoms with van der Waals surface area (Å²) in [7, 11) is 0. The molecule has 2 fully saturated rings. The zero-order chi connectivity index (χ0) is 15.0. The van der Waals surface area contributed by atoms with Crippen molar-refractivity contribution < 1.29 is 9.59 Å². The maximum Gasteiger partial charge on any atom is 0.227 e. The first kappa shape index (κ1) is 14.1. The number of para-hydroxylation sites is 1. The van der Waals surface area contributed by atoms with Crippen LogP contribution in [-0.2, 0) is 16.0 Å². The third kappa shape index (κ3) is 2.80. The van der Waals surface area contributed by atoms with Crippen LogP contribution in [0.15, 0.2) is 24.3 Å². The first-order chi connectivity index (χ1) is 10.1. The molecule has 112 valence electrons. The summed E-state index contributed by atoms with van der Waals surface area (Å²) in [5, 5.41) is 3.05. The maximum atomic E-state index is 12.3. The molecule has 0 bridgehead atoms. The molecular formula is C17H22N2O2. The van der Waals surface area contributed by atoms with Gasteiger partial charge in [-0.2, -0.15) is 0 Å². The standard InChI is InChI=1S/C17H22N2O2/c1-3-12-6-4-5-7-15(12)19-10-13(9-16(19)20)17(21)18-14-8-11(14)2/h4-7,11,13-14H,3,8-10H2,1-2H3,(H,18,21). The van der Waals surface area contributed by atoms with Crippen molar-refractivity contribution in [2.75, 3.05) is 11.4 Å². The van der Waals surface area contributed by atoms with Crippen molar-refractivity contribution in [1.82, 2.24) is 5.32 Å². The van der Waals surface area contributed by atoms with Gasteiger partial charge in [-0.1, -0.05) is 32.0 Å². The highest BCUT2D eigenvalue weighted by Gasteiger charge is 2.40. The third-order valence-electron chi connectivity index (χ3n) is 4.60. The van der Waals surface area contributed by atoms with Crippen LogP contribution in [0.2, 0.25) is 0 Å². The van der Waals surface area contributed by atoms with Crippen molar-refractivity contribution in [2.24, 2.45) is 11.8 Å². The fraction of sp³-hybridized carbons (Fsp3) is 0.529. The van der Waals surface area contributed by atoms with Gasteiger partial charge in [-0.05, 0) is 30.4 Å². The lowest BCUT2D eigenvalue weighted by molar-refractivity contribution is -0.126. The summed E-state index contributed by atoms with van der Waals surface area (Å²) in [5.74, 6) is 0.465. The van der Waals surface area contributed by atoms with Gasteiger partial charge in [0.1, 0.15) is 0 Å². The van der Waals surface area contributed by atoms with Crippen molar-refractivity contribution in [3.8, 4) is 0 Å². The van der Waals surface area contributed by atoms with Crippen molar-refractivity contribution >= 4 is 17.5 Å². The SMILES string of the molecule is CCc1ccccc1N1CC(C(=O)NC2CC2C)CC1=O. The number of nitrogens with one attached hydrogen (secondary N) is 1. The monoisotopic (exact) mass is 286 g/mol. The average molecular weight is 286 g/mol. The molecule has 1 aromatic rings. The number of rotatable bonds is 4. The zero-order valence-electron chi connectivity index (χ0n) is 12.6. The molecule has 3 rings (SSSR count). The van der Waals surface area contributed by atoms with Gasteiger partial charge in [0.15, 0.2) is 0 Å². The molecule has 2 amide bonds. The molecule has 1 aliphatic carbocycles. The van der Waals surface area contributed by atoms with Gasteiger partial charge in [-0.3, -0.25) is 9.59 Å². The van der Waals surface area contributed by atoms with Crippen molar-refractivity contribution in [2.45, 2.75) is 39.2 Å². The summed E-state index contributed by atoms with van der Waals surface area (Å²) < 4.78 is 0. The molecule has 0 spiro atoms. The first-order valence-electron chi connectivity index (χ1n) is 7.78. The largest absolute Gasteiger partial charge is 0.353 e. The summed E-state index contributed by atoms with van der Waals surface area (Å²) in [4.78, 5) is 26.3. The first-order valence-corrected chi connectivity index (χ1v) is 7.78. The van der Waals surface area contributed by atoms with Gasteiger partial charge >= 0.3 is 0 Å². The van der Waals surface area contributed by atoms with Crippen molar-refractivity contribution in [3.05, 3.63) is 29.8 Å². The van der Waals surface area contributed by atoms with Crippen LogP contribution in [0.4, 0.5) is 5.69 Å². The van der Waals surface area contributed by atoms with Crippen LogP contribution in [0.3, 0.4) is 0 Å². The quantitative estimate of drug-likeness (QED) is 0.921. The lowest BCUT2D eigenvalue weighted by Crippen LogP contribution is -2.35. The molecule has 1 aromatic carbocycles. The predicted molar refractivity (Wildman–Crippen MR) is 82.0 cm³/mol. The number of carbonyl (C=O) groups excluding carboxylic acids is 2. The van der Waals surface area contributed by atoms with Gasteiger partial charge in [0.05, 0.1) is 5.92 Å². The highest BCUT2D eigenvalue weighted by molar-refractivity contribution is 6.00. The van der Waals surface area contributed by atoms with Gasteiger partial charge in [-0.25, -0.2) is 0 Å². The Bertz CT molecular complexity index is 570. The lowest BCUT2D eigenvalue weighted by atomic mass is 10.1.